The molecule has 0 radical (unpaired) electrons. The topological polar surface area (TPSA) is 186 Å². The number of nitrogens with two attached hydrogens (primary N) is 1. The van der Waals surface area contributed by atoms with Crippen LogP contribution in [0, 0.1) is 6.92 Å². The Balaban J connectivity index is 1.79. The summed E-state index contributed by atoms with van der Waals surface area (Å²) in [7, 11) is -4.35. The lowest BCUT2D eigenvalue weighted by Gasteiger charge is -2.33. The number of aromatic amines is 1. The Kier molecular flexibility index (Phi) is 6.12. The second-order valence-corrected chi connectivity index (χ2v) is 9.32. The number of aromatic nitrogens is 2. The van der Waals surface area contributed by atoms with Crippen molar-refractivity contribution in [2.45, 2.75) is 37.9 Å². The standard InChI is InChI=1S/C21H21N3O10S/c1-11-8-24(20(28)23-17(11)26)18-16(32-12(2)25)21(14(22)10-35(29,30)34-21)15(33-18)9-31-19(27)13-6-4-3-5-7-13/h3-8,10,15-16,18H,9,22H2,1-2H3,(H,23,26,28). The highest BCUT2D eigenvalue weighted by Gasteiger charge is 2.67. The molecular formula is C21H21N3O10S. The number of esters is 2. The van der Waals surface area contributed by atoms with E-state index < -0.39 is 63.9 Å². The van der Waals surface area contributed by atoms with Crippen LogP contribution in [0.5, 0.6) is 0 Å². The summed E-state index contributed by atoms with van der Waals surface area (Å²) in [5.41, 5.74) is 2.26. The van der Waals surface area contributed by atoms with Crippen LogP contribution in [0.25, 0.3) is 0 Å². The van der Waals surface area contributed by atoms with Gasteiger partial charge in [0.05, 0.1) is 16.7 Å². The van der Waals surface area contributed by atoms with Crippen molar-refractivity contribution in [3.8, 4) is 0 Å². The predicted molar refractivity (Wildman–Crippen MR) is 117 cm³/mol. The normalized spacial score (nSPS) is 26.9. The van der Waals surface area contributed by atoms with E-state index in [1.807, 2.05) is 0 Å². The molecule has 4 atom stereocenters. The van der Waals surface area contributed by atoms with Gasteiger partial charge in [0.25, 0.3) is 15.7 Å². The number of carbonyl (C=O) groups excluding carboxylic acids is 2. The van der Waals surface area contributed by atoms with Gasteiger partial charge in [-0.05, 0) is 19.1 Å². The van der Waals surface area contributed by atoms with Crippen molar-refractivity contribution in [2.24, 2.45) is 5.73 Å². The zero-order valence-corrected chi connectivity index (χ0v) is 19.3. The Morgan fingerprint density at radius 1 is 1.23 bits per heavy atom. The molecule has 2 aliphatic heterocycles. The molecule has 1 aromatic heterocycles. The molecule has 3 heterocycles. The Morgan fingerprint density at radius 3 is 2.51 bits per heavy atom. The minimum absolute atomic E-state index is 0.117. The number of benzene rings is 1. The van der Waals surface area contributed by atoms with Gasteiger partial charge in [0, 0.05) is 18.7 Å². The third-order valence-electron chi connectivity index (χ3n) is 5.53. The largest absolute Gasteiger partial charge is 0.459 e. The summed E-state index contributed by atoms with van der Waals surface area (Å²) in [4.78, 5) is 51.0. The molecule has 1 saturated heterocycles. The molecule has 2 aliphatic rings. The second-order valence-electron chi connectivity index (χ2n) is 7.93. The summed E-state index contributed by atoms with van der Waals surface area (Å²) in [6, 6.07) is 7.95. The number of H-pyrrole nitrogens is 1. The van der Waals surface area contributed by atoms with Crippen LogP contribution >= 0.6 is 0 Å². The maximum absolute atomic E-state index is 12.6. The molecule has 1 fully saturated rings. The van der Waals surface area contributed by atoms with Gasteiger partial charge < -0.3 is 19.9 Å². The number of carbonyl (C=O) groups is 2. The summed E-state index contributed by atoms with van der Waals surface area (Å²) in [5.74, 6) is -1.61. The molecule has 4 unspecified atom stereocenters. The predicted octanol–water partition coefficient (Wildman–Crippen LogP) is -0.570. The lowest BCUT2D eigenvalue weighted by molar-refractivity contribution is -0.158. The van der Waals surface area contributed by atoms with E-state index in [9.17, 15) is 27.6 Å². The number of ether oxygens (including phenoxy) is 3. The van der Waals surface area contributed by atoms with Crippen molar-refractivity contribution in [2.75, 3.05) is 6.61 Å². The number of nitrogens with zero attached hydrogens (tertiary/aromatic N) is 1. The van der Waals surface area contributed by atoms with Gasteiger partial charge >= 0.3 is 17.6 Å². The van der Waals surface area contributed by atoms with Crippen molar-refractivity contribution in [3.63, 3.8) is 0 Å². The quantitative estimate of drug-likeness (QED) is 0.390. The molecule has 14 heteroatoms. The first-order valence-corrected chi connectivity index (χ1v) is 11.7. The lowest BCUT2D eigenvalue weighted by atomic mass is 9.89. The van der Waals surface area contributed by atoms with Crippen LogP contribution in [0.4, 0.5) is 0 Å². The van der Waals surface area contributed by atoms with E-state index in [4.69, 9.17) is 24.1 Å². The summed E-state index contributed by atoms with van der Waals surface area (Å²) in [5, 5.41) is 0.627. The fourth-order valence-corrected chi connectivity index (χ4v) is 5.21. The third kappa shape index (κ3) is 4.38. The zero-order chi connectivity index (χ0) is 25.5. The monoisotopic (exact) mass is 507 g/mol. The molecule has 3 N–H and O–H groups in total. The molecule has 1 spiro atoms. The highest BCUT2D eigenvalue weighted by molar-refractivity contribution is 7.90. The molecule has 0 saturated carbocycles. The first-order chi connectivity index (χ1) is 16.4. The third-order valence-corrected chi connectivity index (χ3v) is 6.58. The highest BCUT2D eigenvalue weighted by atomic mass is 32.2. The molecule has 4 rings (SSSR count). The molecule has 0 amide bonds. The van der Waals surface area contributed by atoms with E-state index in [-0.39, 0.29) is 16.8 Å². The van der Waals surface area contributed by atoms with Gasteiger partial charge in [0.15, 0.2) is 17.9 Å². The molecule has 0 bridgehead atoms. The van der Waals surface area contributed by atoms with Crippen LogP contribution < -0.4 is 17.0 Å². The van der Waals surface area contributed by atoms with Crippen LogP contribution in [0.15, 0.2) is 57.2 Å². The minimum Gasteiger partial charge on any atom is -0.459 e. The fraction of sp³-hybridized carbons (Fsp3) is 0.333. The maximum Gasteiger partial charge on any atom is 0.338 e. The van der Waals surface area contributed by atoms with Crippen molar-refractivity contribution in [1.29, 1.82) is 0 Å². The van der Waals surface area contributed by atoms with E-state index in [1.165, 1.54) is 19.1 Å². The van der Waals surface area contributed by atoms with E-state index >= 15 is 0 Å². The van der Waals surface area contributed by atoms with Crippen LogP contribution in [-0.4, -0.2) is 54.3 Å². The molecule has 0 aliphatic carbocycles. The average Bonchev–Trinajstić information content (AvgIpc) is 3.21. The Hall–Kier alpha value is -3.75. The fourth-order valence-electron chi connectivity index (χ4n) is 3.98. The number of nitrogens with one attached hydrogen (secondary N) is 1. The van der Waals surface area contributed by atoms with Crippen molar-refractivity contribution in [3.05, 3.63) is 79.6 Å². The minimum atomic E-state index is -4.35. The van der Waals surface area contributed by atoms with Crippen molar-refractivity contribution < 1.29 is 36.4 Å². The van der Waals surface area contributed by atoms with Gasteiger partial charge in [0.2, 0.25) is 0 Å². The Morgan fingerprint density at radius 2 is 1.91 bits per heavy atom. The molecule has 2 aromatic rings. The molecule has 1 aromatic carbocycles. The summed E-state index contributed by atoms with van der Waals surface area (Å²) in [6.45, 7) is 1.89. The molecule has 35 heavy (non-hydrogen) atoms. The van der Waals surface area contributed by atoms with Crippen LogP contribution in [0.3, 0.4) is 0 Å². The van der Waals surface area contributed by atoms with Crippen molar-refractivity contribution in [1.82, 2.24) is 9.55 Å². The number of aryl methyl sites for hydroxylation is 1. The van der Waals surface area contributed by atoms with Crippen LogP contribution in [0.1, 0.15) is 29.1 Å². The van der Waals surface area contributed by atoms with Gasteiger partial charge in [-0.15, -0.1) is 0 Å². The Labute approximate surface area is 198 Å². The van der Waals surface area contributed by atoms with Gasteiger partial charge in [-0.1, -0.05) is 18.2 Å². The SMILES string of the molecule is CC(=O)OC1C(n2cc(C)c(=O)[nH]c2=O)OC(COC(=O)c2ccccc2)C12OS(=O)(=O)C=C2N. The second kappa shape index (κ2) is 8.79. The summed E-state index contributed by atoms with van der Waals surface area (Å²) in [6.07, 6.45) is -3.39. The van der Waals surface area contributed by atoms with Gasteiger partial charge in [-0.2, -0.15) is 8.42 Å². The lowest BCUT2D eigenvalue weighted by Crippen LogP contribution is -2.55. The maximum atomic E-state index is 12.6. The number of hydrogen-bond acceptors (Lipinski definition) is 11. The van der Waals surface area contributed by atoms with Gasteiger partial charge in [-0.25, -0.2) is 13.8 Å². The number of rotatable bonds is 5. The zero-order valence-electron chi connectivity index (χ0n) is 18.5. The summed E-state index contributed by atoms with van der Waals surface area (Å²) < 4.78 is 47.5. The smallest absolute Gasteiger partial charge is 0.338 e. The highest BCUT2D eigenvalue weighted by Crippen LogP contribution is 2.48. The molecule has 186 valence electrons. The Bertz CT molecular complexity index is 1430. The first-order valence-electron chi connectivity index (χ1n) is 10.2. The van der Waals surface area contributed by atoms with Gasteiger partial charge in [0.1, 0.15) is 12.7 Å². The van der Waals surface area contributed by atoms with Crippen molar-refractivity contribution >= 4 is 22.1 Å². The van der Waals surface area contributed by atoms with Crippen LogP contribution in [0.2, 0.25) is 0 Å². The van der Waals surface area contributed by atoms with E-state index in [1.54, 1.807) is 18.2 Å². The summed E-state index contributed by atoms with van der Waals surface area (Å²) >= 11 is 0. The molecule has 13 nitrogen and oxygen atoms in total. The molecular weight excluding hydrogens is 486 g/mol. The van der Waals surface area contributed by atoms with Gasteiger partial charge in [-0.3, -0.25) is 19.1 Å². The average molecular weight is 507 g/mol. The first kappa shape index (κ1) is 24.4. The van der Waals surface area contributed by atoms with E-state index in [0.717, 1.165) is 17.7 Å². The van der Waals surface area contributed by atoms with Crippen LogP contribution in [-0.2, 0) is 33.3 Å². The van der Waals surface area contributed by atoms with E-state index in [0.29, 0.717) is 5.41 Å². The number of hydrogen-bond donors (Lipinski definition) is 2. The van der Waals surface area contributed by atoms with E-state index in [2.05, 4.69) is 4.98 Å².